The highest BCUT2D eigenvalue weighted by Gasteiger charge is 2.16. The van der Waals surface area contributed by atoms with Crippen LogP contribution in [0.4, 0.5) is 8.78 Å². The molecule has 0 aliphatic heterocycles. The number of ether oxygens (including phenoxy) is 1. The number of ketones is 1. The molecular formula is C14H12F2O2S. The number of carbonyl (C=O) groups excluding carboxylic acids is 1. The van der Waals surface area contributed by atoms with E-state index >= 15 is 0 Å². The van der Waals surface area contributed by atoms with E-state index in [1.54, 1.807) is 11.3 Å². The molecular weight excluding hydrogens is 270 g/mol. The summed E-state index contributed by atoms with van der Waals surface area (Å²) in [5, 5.41) is 1.95. The Balaban J connectivity index is 1.84. The monoisotopic (exact) mass is 282 g/mol. The molecule has 0 bridgehead atoms. The van der Waals surface area contributed by atoms with Crippen molar-refractivity contribution >= 4 is 17.1 Å². The van der Waals surface area contributed by atoms with Gasteiger partial charge in [0, 0.05) is 11.3 Å². The smallest absolute Gasteiger partial charge is 0.194 e. The zero-order valence-electron chi connectivity index (χ0n) is 10.1. The maximum Gasteiger partial charge on any atom is 0.194 e. The van der Waals surface area contributed by atoms with Crippen LogP contribution >= 0.6 is 11.3 Å². The predicted octanol–water partition coefficient (Wildman–Crippen LogP) is 3.47. The molecule has 0 atom stereocenters. The molecule has 0 saturated carbocycles. The minimum Gasteiger partial charge on any atom is -0.373 e. The fourth-order valence-corrected chi connectivity index (χ4v) is 2.32. The molecule has 5 heteroatoms. The summed E-state index contributed by atoms with van der Waals surface area (Å²) in [5.41, 5.74) is -0.529. The molecule has 0 N–H and O–H groups in total. The largest absolute Gasteiger partial charge is 0.373 e. The molecule has 0 aliphatic carbocycles. The molecule has 0 saturated heterocycles. The normalized spacial score (nSPS) is 10.6. The van der Waals surface area contributed by atoms with E-state index < -0.39 is 23.0 Å². The van der Waals surface area contributed by atoms with Crippen LogP contribution in [0.25, 0.3) is 0 Å². The molecule has 2 rings (SSSR count). The first-order chi connectivity index (χ1) is 9.18. The van der Waals surface area contributed by atoms with Crippen molar-refractivity contribution in [1.29, 1.82) is 0 Å². The van der Waals surface area contributed by atoms with Crippen LogP contribution in [0.3, 0.4) is 0 Å². The van der Waals surface area contributed by atoms with Crippen molar-refractivity contribution in [3.05, 3.63) is 57.8 Å². The number of hydrogen-bond acceptors (Lipinski definition) is 3. The van der Waals surface area contributed by atoms with Gasteiger partial charge in [-0.3, -0.25) is 4.79 Å². The highest BCUT2D eigenvalue weighted by atomic mass is 32.1. The third kappa shape index (κ3) is 3.68. The van der Waals surface area contributed by atoms with Gasteiger partial charge in [-0.15, -0.1) is 11.3 Å². The Labute approximate surface area is 113 Å². The molecule has 100 valence electrons. The van der Waals surface area contributed by atoms with E-state index in [9.17, 15) is 13.6 Å². The standard InChI is InChI=1S/C14H12F2O2S/c15-11-4-1-5-12(16)14(11)13(17)9-18-7-6-10-3-2-8-19-10/h1-5,8H,6-7,9H2. The van der Waals surface area contributed by atoms with Crippen LogP contribution in [0, 0.1) is 11.6 Å². The van der Waals surface area contributed by atoms with Gasteiger partial charge in [-0.2, -0.15) is 0 Å². The lowest BCUT2D eigenvalue weighted by Crippen LogP contribution is -2.14. The van der Waals surface area contributed by atoms with Crippen LogP contribution in [0.5, 0.6) is 0 Å². The number of halogens is 2. The number of rotatable bonds is 6. The SMILES string of the molecule is O=C(COCCc1cccs1)c1c(F)cccc1F. The lowest BCUT2D eigenvalue weighted by molar-refractivity contribution is 0.0758. The van der Waals surface area contributed by atoms with Crippen molar-refractivity contribution in [2.45, 2.75) is 6.42 Å². The zero-order valence-corrected chi connectivity index (χ0v) is 10.9. The van der Waals surface area contributed by atoms with E-state index in [2.05, 4.69) is 0 Å². The first kappa shape index (κ1) is 13.8. The molecule has 0 radical (unpaired) electrons. The second-order valence-electron chi connectivity index (χ2n) is 3.90. The summed E-state index contributed by atoms with van der Waals surface area (Å²) in [4.78, 5) is 12.8. The molecule has 2 aromatic rings. The zero-order chi connectivity index (χ0) is 13.7. The van der Waals surface area contributed by atoms with E-state index in [4.69, 9.17) is 4.74 Å². The Hall–Kier alpha value is -1.59. The van der Waals surface area contributed by atoms with Crippen molar-refractivity contribution in [3.8, 4) is 0 Å². The summed E-state index contributed by atoms with van der Waals surface area (Å²) < 4.78 is 31.8. The van der Waals surface area contributed by atoms with Gasteiger partial charge in [-0.1, -0.05) is 12.1 Å². The molecule has 1 aromatic carbocycles. The van der Waals surface area contributed by atoms with Gasteiger partial charge in [-0.25, -0.2) is 8.78 Å². The van der Waals surface area contributed by atoms with Crippen LogP contribution < -0.4 is 0 Å². The van der Waals surface area contributed by atoms with Gasteiger partial charge in [0.05, 0.1) is 12.2 Å². The van der Waals surface area contributed by atoms with Gasteiger partial charge in [0.1, 0.15) is 18.2 Å². The highest BCUT2D eigenvalue weighted by Crippen LogP contribution is 2.13. The number of thiophene rings is 1. The summed E-state index contributed by atoms with van der Waals surface area (Å²) >= 11 is 1.60. The Morgan fingerprint density at radius 2 is 1.89 bits per heavy atom. The minimum absolute atomic E-state index is 0.316. The van der Waals surface area contributed by atoms with Crippen LogP contribution in [0.2, 0.25) is 0 Å². The van der Waals surface area contributed by atoms with Crippen molar-refractivity contribution in [2.75, 3.05) is 13.2 Å². The van der Waals surface area contributed by atoms with Crippen molar-refractivity contribution in [1.82, 2.24) is 0 Å². The Morgan fingerprint density at radius 3 is 2.53 bits per heavy atom. The highest BCUT2D eigenvalue weighted by molar-refractivity contribution is 7.09. The third-order valence-electron chi connectivity index (χ3n) is 2.55. The van der Waals surface area contributed by atoms with E-state index in [1.807, 2.05) is 17.5 Å². The van der Waals surface area contributed by atoms with Crippen molar-refractivity contribution < 1.29 is 18.3 Å². The van der Waals surface area contributed by atoms with Gasteiger partial charge < -0.3 is 4.74 Å². The second-order valence-corrected chi connectivity index (χ2v) is 4.93. The summed E-state index contributed by atoms with van der Waals surface area (Å²) in [6, 6.07) is 7.23. The van der Waals surface area contributed by atoms with Gasteiger partial charge >= 0.3 is 0 Å². The lowest BCUT2D eigenvalue weighted by atomic mass is 10.1. The van der Waals surface area contributed by atoms with E-state index in [1.165, 1.54) is 6.07 Å². The molecule has 0 fully saturated rings. The van der Waals surface area contributed by atoms with Crippen LogP contribution in [0.1, 0.15) is 15.2 Å². The average molecular weight is 282 g/mol. The summed E-state index contributed by atoms with van der Waals surface area (Å²) in [6.45, 7) is 0.0333. The van der Waals surface area contributed by atoms with E-state index in [0.29, 0.717) is 13.0 Å². The molecule has 0 spiro atoms. The minimum atomic E-state index is -0.855. The summed E-state index contributed by atoms with van der Waals surface area (Å²) in [7, 11) is 0. The molecule has 0 unspecified atom stereocenters. The summed E-state index contributed by atoms with van der Waals surface area (Å²) in [6.07, 6.45) is 0.685. The van der Waals surface area contributed by atoms with Crippen molar-refractivity contribution in [3.63, 3.8) is 0 Å². The number of Topliss-reactive ketones (excluding diaryl/α,β-unsaturated/α-hetero) is 1. The first-order valence-electron chi connectivity index (χ1n) is 5.76. The maximum atomic E-state index is 13.3. The number of carbonyl (C=O) groups is 1. The topological polar surface area (TPSA) is 26.3 Å². The fraction of sp³-hybridized carbons (Fsp3) is 0.214. The Kier molecular flexibility index (Phi) is 4.76. The Bertz CT molecular complexity index is 532. The van der Waals surface area contributed by atoms with E-state index in [0.717, 1.165) is 17.0 Å². The number of benzene rings is 1. The third-order valence-corrected chi connectivity index (χ3v) is 3.48. The molecule has 2 nitrogen and oxygen atoms in total. The average Bonchev–Trinajstić information content (AvgIpc) is 2.87. The number of hydrogen-bond donors (Lipinski definition) is 0. The first-order valence-corrected chi connectivity index (χ1v) is 6.64. The van der Waals surface area contributed by atoms with E-state index in [-0.39, 0.29) is 6.61 Å². The van der Waals surface area contributed by atoms with Crippen LogP contribution in [-0.2, 0) is 11.2 Å². The molecule has 19 heavy (non-hydrogen) atoms. The second kappa shape index (κ2) is 6.54. The van der Waals surface area contributed by atoms with Gasteiger partial charge in [-0.05, 0) is 23.6 Å². The molecule has 0 aliphatic rings. The lowest BCUT2D eigenvalue weighted by Gasteiger charge is -2.05. The Morgan fingerprint density at radius 1 is 1.16 bits per heavy atom. The maximum absolute atomic E-state index is 13.3. The quantitative estimate of drug-likeness (QED) is 0.599. The van der Waals surface area contributed by atoms with Crippen molar-refractivity contribution in [2.24, 2.45) is 0 Å². The molecule has 0 amide bonds. The molecule has 1 aromatic heterocycles. The van der Waals surface area contributed by atoms with Crippen LogP contribution in [-0.4, -0.2) is 19.0 Å². The predicted molar refractivity (Wildman–Crippen MR) is 69.5 cm³/mol. The fourth-order valence-electron chi connectivity index (χ4n) is 1.63. The van der Waals surface area contributed by atoms with Gasteiger partial charge in [0.25, 0.3) is 0 Å². The molecule has 1 heterocycles. The van der Waals surface area contributed by atoms with Crippen LogP contribution in [0.15, 0.2) is 35.7 Å². The van der Waals surface area contributed by atoms with Gasteiger partial charge in [0.2, 0.25) is 0 Å². The summed E-state index contributed by atoms with van der Waals surface area (Å²) in [5.74, 6) is -2.39. The van der Waals surface area contributed by atoms with Gasteiger partial charge in [0.15, 0.2) is 5.78 Å².